The Morgan fingerprint density at radius 1 is 1.03 bits per heavy atom. The van der Waals surface area contributed by atoms with Crippen LogP contribution in [0.5, 0.6) is 11.5 Å². The molecule has 3 rings (SSSR count). The first-order valence-corrected chi connectivity index (χ1v) is 11.6. The molecule has 35 heavy (non-hydrogen) atoms. The van der Waals surface area contributed by atoms with E-state index in [-0.39, 0.29) is 29.5 Å². The highest BCUT2D eigenvalue weighted by molar-refractivity contribution is 7.14. The molecule has 2 aromatic carbocycles. The number of alkyl halides is 3. The van der Waals surface area contributed by atoms with E-state index in [2.05, 4.69) is 15.0 Å². The Bertz CT molecular complexity index is 1160. The molecule has 0 radical (unpaired) electrons. The number of rotatable bonds is 11. The standard InChI is InChI=1S/C24H25F3N4O3S/c1-23(28,15-32)22-31-30-21(35-22)16-6-11-20(19(14-16)24(25,26)27)34-13-5-3-4-12-33-18-9-7-17(29-2)8-10-18/h6-11,14,32H,3-5,12-13,15,28H2,1H3/t23-/m0/s1. The first kappa shape index (κ1) is 26.4. The van der Waals surface area contributed by atoms with Crippen LogP contribution in [0.1, 0.15) is 36.8 Å². The predicted molar refractivity (Wildman–Crippen MR) is 127 cm³/mol. The summed E-state index contributed by atoms with van der Waals surface area (Å²) >= 11 is 1.03. The molecule has 0 saturated carbocycles. The molecule has 0 fully saturated rings. The van der Waals surface area contributed by atoms with Gasteiger partial charge in [0.2, 0.25) is 0 Å². The SMILES string of the molecule is [C-]#[N+]c1ccc(OCCCCCOc2ccc(-c3nnc([C@@](C)(N)CO)s3)cc2C(F)(F)F)cc1. The maximum absolute atomic E-state index is 13.7. The molecule has 7 nitrogen and oxygen atoms in total. The average Bonchev–Trinajstić information content (AvgIpc) is 3.34. The molecule has 186 valence electrons. The Morgan fingerprint density at radius 3 is 2.34 bits per heavy atom. The molecule has 11 heteroatoms. The van der Waals surface area contributed by atoms with Crippen molar-refractivity contribution >= 4 is 17.0 Å². The van der Waals surface area contributed by atoms with Crippen LogP contribution in [0.3, 0.4) is 0 Å². The molecule has 1 aromatic heterocycles. The Hall–Kier alpha value is -3.20. The van der Waals surface area contributed by atoms with E-state index in [0.29, 0.717) is 35.9 Å². The van der Waals surface area contributed by atoms with Gasteiger partial charge < -0.3 is 20.3 Å². The summed E-state index contributed by atoms with van der Waals surface area (Å²) in [6.07, 6.45) is -2.61. The van der Waals surface area contributed by atoms with Crippen LogP contribution in [-0.4, -0.2) is 35.1 Å². The fourth-order valence-corrected chi connectivity index (χ4v) is 3.91. The third-order valence-electron chi connectivity index (χ3n) is 5.05. The van der Waals surface area contributed by atoms with Gasteiger partial charge in [0.25, 0.3) is 0 Å². The summed E-state index contributed by atoms with van der Waals surface area (Å²) in [6.45, 7) is 8.71. The minimum atomic E-state index is -4.61. The number of aliphatic hydroxyl groups excluding tert-OH is 1. The highest BCUT2D eigenvalue weighted by Gasteiger charge is 2.35. The number of aliphatic hydroxyl groups is 1. The molecule has 0 bridgehead atoms. The second-order valence-corrected chi connectivity index (χ2v) is 9.04. The molecule has 0 aliphatic heterocycles. The Kier molecular flexibility index (Phi) is 8.67. The molecular weight excluding hydrogens is 481 g/mol. The number of ether oxygens (including phenoxy) is 2. The summed E-state index contributed by atoms with van der Waals surface area (Å²) in [5.41, 5.74) is 4.69. The van der Waals surface area contributed by atoms with Crippen molar-refractivity contribution in [2.45, 2.75) is 37.9 Å². The highest BCUT2D eigenvalue weighted by atomic mass is 32.1. The number of hydrogen-bond acceptors (Lipinski definition) is 7. The number of benzene rings is 2. The van der Waals surface area contributed by atoms with E-state index in [1.807, 2.05) is 0 Å². The van der Waals surface area contributed by atoms with Crippen LogP contribution in [0.2, 0.25) is 0 Å². The van der Waals surface area contributed by atoms with Crippen molar-refractivity contribution in [2.75, 3.05) is 19.8 Å². The summed E-state index contributed by atoms with van der Waals surface area (Å²) in [6, 6.07) is 10.6. The minimum absolute atomic E-state index is 0.132. The number of aromatic nitrogens is 2. The molecule has 3 aromatic rings. The minimum Gasteiger partial charge on any atom is -0.494 e. The average molecular weight is 507 g/mol. The zero-order valence-electron chi connectivity index (χ0n) is 19.0. The summed E-state index contributed by atoms with van der Waals surface area (Å²) in [7, 11) is 0. The molecule has 0 spiro atoms. The van der Waals surface area contributed by atoms with Gasteiger partial charge >= 0.3 is 6.18 Å². The molecule has 1 heterocycles. The van der Waals surface area contributed by atoms with E-state index < -0.39 is 17.3 Å². The smallest absolute Gasteiger partial charge is 0.419 e. The largest absolute Gasteiger partial charge is 0.494 e. The van der Waals surface area contributed by atoms with E-state index in [0.717, 1.165) is 23.8 Å². The van der Waals surface area contributed by atoms with Crippen LogP contribution < -0.4 is 15.2 Å². The van der Waals surface area contributed by atoms with E-state index in [1.165, 1.54) is 12.1 Å². The molecule has 0 amide bonds. The number of halogens is 3. The lowest BCUT2D eigenvalue weighted by molar-refractivity contribution is -0.138. The van der Waals surface area contributed by atoms with Crippen molar-refractivity contribution in [3.8, 4) is 22.1 Å². The summed E-state index contributed by atoms with van der Waals surface area (Å²) in [5.74, 6) is 0.416. The number of hydrogen-bond donors (Lipinski definition) is 2. The lowest BCUT2D eigenvalue weighted by Gasteiger charge is -2.17. The third kappa shape index (κ3) is 7.14. The van der Waals surface area contributed by atoms with Crippen molar-refractivity contribution in [3.63, 3.8) is 0 Å². The molecule has 1 atom stereocenters. The van der Waals surface area contributed by atoms with Gasteiger partial charge in [0, 0.05) is 5.56 Å². The first-order chi connectivity index (χ1) is 16.6. The zero-order chi connectivity index (χ0) is 25.5. The third-order valence-corrected chi connectivity index (χ3v) is 6.31. The van der Waals surface area contributed by atoms with Crippen molar-refractivity contribution in [3.05, 3.63) is 64.5 Å². The molecule has 0 unspecified atom stereocenters. The normalized spacial score (nSPS) is 13.2. The van der Waals surface area contributed by atoms with Crippen molar-refractivity contribution in [2.24, 2.45) is 5.73 Å². The van der Waals surface area contributed by atoms with Gasteiger partial charge in [-0.05, 0) is 56.5 Å². The van der Waals surface area contributed by atoms with Crippen LogP contribution in [-0.2, 0) is 11.7 Å². The highest BCUT2D eigenvalue weighted by Crippen LogP contribution is 2.40. The lowest BCUT2D eigenvalue weighted by atomic mass is 10.1. The van der Waals surface area contributed by atoms with Crippen molar-refractivity contribution < 1.29 is 27.8 Å². The molecule has 0 aliphatic rings. The van der Waals surface area contributed by atoms with Gasteiger partial charge in [0.05, 0.1) is 37.5 Å². The molecule has 0 aliphatic carbocycles. The second-order valence-electron chi connectivity index (χ2n) is 8.06. The molecule has 3 N–H and O–H groups in total. The lowest BCUT2D eigenvalue weighted by Crippen LogP contribution is -2.36. The quantitative estimate of drug-likeness (QED) is 0.261. The van der Waals surface area contributed by atoms with Crippen molar-refractivity contribution in [1.29, 1.82) is 0 Å². The van der Waals surface area contributed by atoms with E-state index in [9.17, 15) is 18.3 Å². The Morgan fingerprint density at radius 2 is 1.71 bits per heavy atom. The fraction of sp³-hybridized carbons (Fsp3) is 0.375. The van der Waals surface area contributed by atoms with Gasteiger partial charge in [-0.15, -0.1) is 10.2 Å². The van der Waals surface area contributed by atoms with Gasteiger partial charge in [0.15, 0.2) is 5.69 Å². The first-order valence-electron chi connectivity index (χ1n) is 10.8. The Labute approximate surface area is 205 Å². The van der Waals surface area contributed by atoms with Gasteiger partial charge in [0.1, 0.15) is 21.5 Å². The number of nitrogens with two attached hydrogens (primary N) is 1. The topological polar surface area (TPSA) is 94.9 Å². The van der Waals surface area contributed by atoms with Gasteiger partial charge in [-0.3, -0.25) is 0 Å². The van der Waals surface area contributed by atoms with Crippen LogP contribution in [0.25, 0.3) is 15.4 Å². The van der Waals surface area contributed by atoms with Gasteiger partial charge in [-0.25, -0.2) is 4.85 Å². The van der Waals surface area contributed by atoms with Crippen LogP contribution in [0.15, 0.2) is 42.5 Å². The van der Waals surface area contributed by atoms with Crippen LogP contribution >= 0.6 is 11.3 Å². The number of unbranched alkanes of at least 4 members (excludes halogenated alkanes) is 2. The van der Waals surface area contributed by atoms with Crippen LogP contribution in [0, 0.1) is 6.57 Å². The monoisotopic (exact) mass is 506 g/mol. The Balaban J connectivity index is 1.54. The van der Waals surface area contributed by atoms with E-state index in [4.69, 9.17) is 21.8 Å². The van der Waals surface area contributed by atoms with Gasteiger partial charge in [-0.1, -0.05) is 23.5 Å². The molecule has 0 saturated heterocycles. The second kappa shape index (κ2) is 11.5. The zero-order valence-corrected chi connectivity index (χ0v) is 19.8. The summed E-state index contributed by atoms with van der Waals surface area (Å²) in [5, 5.41) is 17.8. The van der Waals surface area contributed by atoms with E-state index >= 15 is 0 Å². The maximum Gasteiger partial charge on any atom is 0.419 e. The van der Waals surface area contributed by atoms with E-state index in [1.54, 1.807) is 31.2 Å². The number of nitrogens with zero attached hydrogens (tertiary/aromatic N) is 3. The predicted octanol–water partition coefficient (Wildman–Crippen LogP) is 5.57. The van der Waals surface area contributed by atoms with Crippen molar-refractivity contribution in [1.82, 2.24) is 10.2 Å². The summed E-state index contributed by atoms with van der Waals surface area (Å²) in [4.78, 5) is 3.31. The molecular formula is C24H25F3N4O3S. The van der Waals surface area contributed by atoms with Gasteiger partial charge in [-0.2, -0.15) is 13.2 Å². The van der Waals surface area contributed by atoms with Crippen LogP contribution in [0.4, 0.5) is 18.9 Å². The summed E-state index contributed by atoms with van der Waals surface area (Å²) < 4.78 is 52.1. The maximum atomic E-state index is 13.7. The fourth-order valence-electron chi connectivity index (χ4n) is 3.02.